The van der Waals surface area contributed by atoms with Crippen LogP contribution in [0, 0.1) is 26.2 Å². The zero-order valence-corrected chi connectivity index (χ0v) is 12.2. The summed E-state index contributed by atoms with van der Waals surface area (Å²) in [5.41, 5.74) is 10.5. The number of hydrogen-bond acceptors (Lipinski definition) is 2. The molecule has 0 unspecified atom stereocenters. The van der Waals surface area contributed by atoms with Gasteiger partial charge in [0.1, 0.15) is 0 Å². The number of nitrogens with two attached hydrogens (primary N) is 1. The minimum Gasteiger partial charge on any atom is -0.351 e. The summed E-state index contributed by atoms with van der Waals surface area (Å²) in [7, 11) is 0. The molecule has 0 aliphatic heterocycles. The van der Waals surface area contributed by atoms with Crippen molar-refractivity contribution in [2.75, 3.05) is 6.54 Å². The highest BCUT2D eigenvalue weighted by molar-refractivity contribution is 5.83. The average Bonchev–Trinajstić information content (AvgIpc) is 2.34. The Hall–Kier alpha value is -1.35. The maximum absolute atomic E-state index is 12.2. The molecule has 3 nitrogen and oxygen atoms in total. The first-order valence-corrected chi connectivity index (χ1v) is 7.04. The minimum atomic E-state index is -0.284. The molecule has 1 saturated carbocycles. The molecule has 1 aromatic rings. The van der Waals surface area contributed by atoms with Gasteiger partial charge in [0.25, 0.3) is 0 Å². The maximum Gasteiger partial charge on any atom is 0.227 e. The van der Waals surface area contributed by atoms with Crippen molar-refractivity contribution in [3.05, 3.63) is 34.4 Å². The third kappa shape index (κ3) is 2.52. The summed E-state index contributed by atoms with van der Waals surface area (Å²) in [6, 6.07) is 4.22. The fourth-order valence-electron chi connectivity index (χ4n) is 2.69. The molecule has 19 heavy (non-hydrogen) atoms. The second-order valence-corrected chi connectivity index (χ2v) is 5.81. The van der Waals surface area contributed by atoms with Gasteiger partial charge in [-0.05, 0) is 55.9 Å². The standard InChI is InChI=1S/C16H24N2O/c1-11-5-6-14(13(3)12(11)2)9-18-15(19)16(10-17)7-4-8-16/h5-6H,4,7-10,17H2,1-3H3,(H,18,19). The topological polar surface area (TPSA) is 55.1 Å². The van der Waals surface area contributed by atoms with Gasteiger partial charge in [0.2, 0.25) is 5.91 Å². The predicted octanol–water partition coefficient (Wildman–Crippen LogP) is 2.36. The number of carbonyl (C=O) groups excluding carboxylic acids is 1. The molecule has 0 bridgehead atoms. The Morgan fingerprint density at radius 1 is 1.26 bits per heavy atom. The highest BCUT2D eigenvalue weighted by atomic mass is 16.2. The highest BCUT2D eigenvalue weighted by Gasteiger charge is 2.42. The lowest BCUT2D eigenvalue weighted by molar-refractivity contribution is -0.135. The number of rotatable bonds is 4. The van der Waals surface area contributed by atoms with E-state index >= 15 is 0 Å². The van der Waals surface area contributed by atoms with Crippen LogP contribution in [0.5, 0.6) is 0 Å². The number of carbonyl (C=O) groups is 1. The quantitative estimate of drug-likeness (QED) is 0.873. The van der Waals surface area contributed by atoms with Crippen molar-refractivity contribution in [1.82, 2.24) is 5.32 Å². The minimum absolute atomic E-state index is 0.124. The summed E-state index contributed by atoms with van der Waals surface area (Å²) in [6.07, 6.45) is 2.98. The van der Waals surface area contributed by atoms with Gasteiger partial charge >= 0.3 is 0 Å². The van der Waals surface area contributed by atoms with Crippen molar-refractivity contribution in [1.29, 1.82) is 0 Å². The van der Waals surface area contributed by atoms with Gasteiger partial charge in [-0.25, -0.2) is 0 Å². The monoisotopic (exact) mass is 260 g/mol. The molecule has 0 atom stereocenters. The summed E-state index contributed by atoms with van der Waals surface area (Å²) < 4.78 is 0. The first-order valence-electron chi connectivity index (χ1n) is 7.04. The number of amides is 1. The Labute approximate surface area is 115 Å². The molecule has 0 aromatic heterocycles. The zero-order chi connectivity index (χ0) is 14.0. The van der Waals surface area contributed by atoms with Crippen molar-refractivity contribution < 1.29 is 4.79 Å². The molecule has 1 aliphatic rings. The molecule has 1 fully saturated rings. The van der Waals surface area contributed by atoms with Crippen molar-refractivity contribution in [3.8, 4) is 0 Å². The fourth-order valence-corrected chi connectivity index (χ4v) is 2.69. The van der Waals surface area contributed by atoms with E-state index in [-0.39, 0.29) is 11.3 Å². The van der Waals surface area contributed by atoms with Crippen LogP contribution in [0.2, 0.25) is 0 Å². The molecular formula is C16H24N2O. The molecule has 0 spiro atoms. The normalized spacial score (nSPS) is 16.8. The molecule has 1 aliphatic carbocycles. The van der Waals surface area contributed by atoms with E-state index in [2.05, 4.69) is 38.2 Å². The molecule has 104 valence electrons. The Bertz CT molecular complexity index is 484. The lowest BCUT2D eigenvalue weighted by Gasteiger charge is -2.39. The van der Waals surface area contributed by atoms with Crippen LogP contribution in [-0.4, -0.2) is 12.5 Å². The van der Waals surface area contributed by atoms with Crippen LogP contribution in [0.25, 0.3) is 0 Å². The van der Waals surface area contributed by atoms with Crippen molar-refractivity contribution in [2.45, 2.75) is 46.6 Å². The van der Waals surface area contributed by atoms with E-state index in [0.29, 0.717) is 13.1 Å². The third-order valence-electron chi connectivity index (χ3n) is 4.79. The van der Waals surface area contributed by atoms with E-state index in [9.17, 15) is 4.79 Å². The lowest BCUT2D eigenvalue weighted by Crippen LogP contribution is -2.50. The van der Waals surface area contributed by atoms with Gasteiger partial charge in [-0.3, -0.25) is 4.79 Å². The molecule has 3 N–H and O–H groups in total. The Morgan fingerprint density at radius 3 is 2.47 bits per heavy atom. The lowest BCUT2D eigenvalue weighted by atomic mass is 9.68. The second-order valence-electron chi connectivity index (χ2n) is 5.81. The SMILES string of the molecule is Cc1ccc(CNC(=O)C2(CN)CCC2)c(C)c1C. The highest BCUT2D eigenvalue weighted by Crippen LogP contribution is 2.40. The van der Waals surface area contributed by atoms with E-state index < -0.39 is 0 Å². The van der Waals surface area contributed by atoms with E-state index in [1.54, 1.807) is 0 Å². The largest absolute Gasteiger partial charge is 0.351 e. The predicted molar refractivity (Wildman–Crippen MR) is 77.8 cm³/mol. The van der Waals surface area contributed by atoms with E-state index in [1.165, 1.54) is 22.3 Å². The first kappa shape index (κ1) is 14.1. The zero-order valence-electron chi connectivity index (χ0n) is 12.2. The number of nitrogens with one attached hydrogen (secondary N) is 1. The van der Waals surface area contributed by atoms with E-state index in [1.807, 2.05) is 0 Å². The number of benzene rings is 1. The molecule has 2 rings (SSSR count). The first-order chi connectivity index (χ1) is 9.00. The van der Waals surface area contributed by atoms with E-state index in [4.69, 9.17) is 5.73 Å². The Kier molecular flexibility index (Phi) is 3.95. The van der Waals surface area contributed by atoms with Crippen molar-refractivity contribution in [3.63, 3.8) is 0 Å². The number of hydrogen-bond donors (Lipinski definition) is 2. The summed E-state index contributed by atoms with van der Waals surface area (Å²) in [6.45, 7) is 7.43. The van der Waals surface area contributed by atoms with Gasteiger partial charge in [-0.2, -0.15) is 0 Å². The van der Waals surface area contributed by atoms with Crippen LogP contribution >= 0.6 is 0 Å². The Balaban J connectivity index is 2.03. The second kappa shape index (κ2) is 5.33. The van der Waals surface area contributed by atoms with Gasteiger partial charge in [0.05, 0.1) is 5.41 Å². The van der Waals surface area contributed by atoms with Crippen molar-refractivity contribution >= 4 is 5.91 Å². The molecule has 1 amide bonds. The summed E-state index contributed by atoms with van der Waals surface area (Å²) in [5, 5.41) is 3.06. The van der Waals surface area contributed by atoms with Crippen molar-refractivity contribution in [2.24, 2.45) is 11.1 Å². The van der Waals surface area contributed by atoms with Gasteiger partial charge < -0.3 is 11.1 Å². The van der Waals surface area contributed by atoms with Gasteiger partial charge in [-0.15, -0.1) is 0 Å². The summed E-state index contributed by atoms with van der Waals surface area (Å²) in [4.78, 5) is 12.2. The molecule has 0 saturated heterocycles. The number of aryl methyl sites for hydroxylation is 1. The molecule has 3 heteroatoms. The van der Waals surface area contributed by atoms with Crippen LogP contribution in [-0.2, 0) is 11.3 Å². The van der Waals surface area contributed by atoms with Crippen LogP contribution in [0.15, 0.2) is 12.1 Å². The van der Waals surface area contributed by atoms with Gasteiger partial charge in [-0.1, -0.05) is 18.6 Å². The van der Waals surface area contributed by atoms with Crippen LogP contribution in [0.4, 0.5) is 0 Å². The molecule has 0 radical (unpaired) electrons. The van der Waals surface area contributed by atoms with Gasteiger partial charge in [0, 0.05) is 13.1 Å². The molecular weight excluding hydrogens is 236 g/mol. The maximum atomic E-state index is 12.2. The molecule has 1 aromatic carbocycles. The van der Waals surface area contributed by atoms with Crippen LogP contribution in [0.3, 0.4) is 0 Å². The van der Waals surface area contributed by atoms with Crippen LogP contribution < -0.4 is 11.1 Å². The fraction of sp³-hybridized carbons (Fsp3) is 0.562. The van der Waals surface area contributed by atoms with Crippen LogP contribution in [0.1, 0.15) is 41.5 Å². The summed E-state index contributed by atoms with van der Waals surface area (Å²) >= 11 is 0. The third-order valence-corrected chi connectivity index (χ3v) is 4.79. The molecule has 0 heterocycles. The average molecular weight is 260 g/mol. The Morgan fingerprint density at radius 2 is 1.95 bits per heavy atom. The summed E-state index contributed by atoms with van der Waals surface area (Å²) in [5.74, 6) is 0.124. The smallest absolute Gasteiger partial charge is 0.227 e. The van der Waals surface area contributed by atoms with Gasteiger partial charge in [0.15, 0.2) is 0 Å². The van der Waals surface area contributed by atoms with E-state index in [0.717, 1.165) is 19.3 Å².